The number of hydrogen-bond acceptors (Lipinski definition) is 5. The van der Waals surface area contributed by atoms with Crippen molar-refractivity contribution in [1.82, 2.24) is 9.29 Å². The lowest BCUT2D eigenvalue weighted by atomic mass is 10.1. The molecule has 1 fully saturated rings. The van der Waals surface area contributed by atoms with Gasteiger partial charge in [-0.15, -0.1) is 0 Å². The molecule has 2 aromatic carbocycles. The first-order chi connectivity index (χ1) is 12.5. The highest BCUT2D eigenvalue weighted by Crippen LogP contribution is 2.31. The number of rotatable bonds is 4. The zero-order valence-corrected chi connectivity index (χ0v) is 16.1. The minimum atomic E-state index is -3.42. The molecule has 1 aliphatic heterocycles. The summed E-state index contributed by atoms with van der Waals surface area (Å²) in [6.07, 6.45) is 1.33. The Labute approximate surface area is 157 Å². The van der Waals surface area contributed by atoms with Gasteiger partial charge in [0, 0.05) is 13.1 Å². The summed E-state index contributed by atoms with van der Waals surface area (Å²) in [6, 6.07) is 14.7. The molecule has 0 amide bonds. The first-order valence-corrected chi connectivity index (χ1v) is 10.9. The van der Waals surface area contributed by atoms with E-state index in [9.17, 15) is 8.42 Å². The average Bonchev–Trinajstić information content (AvgIpc) is 3.07. The molecule has 0 bridgehead atoms. The van der Waals surface area contributed by atoms with E-state index in [4.69, 9.17) is 4.74 Å². The summed E-state index contributed by atoms with van der Waals surface area (Å²) in [5.41, 5.74) is 2.12. The van der Waals surface area contributed by atoms with Gasteiger partial charge in [-0.25, -0.2) is 13.4 Å². The van der Waals surface area contributed by atoms with Crippen LogP contribution in [-0.2, 0) is 10.0 Å². The minimum Gasteiger partial charge on any atom is -0.467 e. The summed E-state index contributed by atoms with van der Waals surface area (Å²) in [6.45, 7) is 2.97. The predicted octanol–water partition coefficient (Wildman–Crippen LogP) is 3.84. The number of piperidine rings is 1. The van der Waals surface area contributed by atoms with E-state index in [2.05, 4.69) is 4.98 Å². The number of benzene rings is 2. The summed E-state index contributed by atoms with van der Waals surface area (Å²) in [5.74, 6) is 0. The lowest BCUT2D eigenvalue weighted by Crippen LogP contribution is -2.41. The highest BCUT2D eigenvalue weighted by Gasteiger charge is 2.30. The summed E-state index contributed by atoms with van der Waals surface area (Å²) in [4.78, 5) is 4.93. The molecule has 3 aromatic rings. The van der Waals surface area contributed by atoms with Gasteiger partial charge in [-0.05, 0) is 43.5 Å². The molecular weight excluding hydrogens is 368 g/mol. The number of aryl methyl sites for hydroxylation is 1. The topological polar surface area (TPSA) is 59.5 Å². The van der Waals surface area contributed by atoms with Gasteiger partial charge in [-0.2, -0.15) is 4.31 Å². The minimum absolute atomic E-state index is 0.00177. The van der Waals surface area contributed by atoms with Crippen molar-refractivity contribution < 1.29 is 13.2 Å². The number of aromatic nitrogens is 1. The van der Waals surface area contributed by atoms with Crippen LogP contribution in [0.4, 0.5) is 0 Å². The third kappa shape index (κ3) is 3.34. The van der Waals surface area contributed by atoms with Crippen molar-refractivity contribution in [3.8, 4) is 5.19 Å². The molecule has 136 valence electrons. The van der Waals surface area contributed by atoms with Crippen LogP contribution in [0.1, 0.15) is 18.4 Å². The van der Waals surface area contributed by atoms with Crippen molar-refractivity contribution in [3.63, 3.8) is 0 Å². The molecule has 4 rings (SSSR count). The van der Waals surface area contributed by atoms with Crippen LogP contribution in [0.25, 0.3) is 10.2 Å². The van der Waals surface area contributed by atoms with E-state index in [0.717, 1.165) is 15.8 Å². The predicted molar refractivity (Wildman–Crippen MR) is 103 cm³/mol. The molecule has 0 radical (unpaired) electrons. The molecule has 26 heavy (non-hydrogen) atoms. The maximum absolute atomic E-state index is 12.7. The molecule has 0 saturated carbocycles. The van der Waals surface area contributed by atoms with Crippen molar-refractivity contribution in [3.05, 3.63) is 54.1 Å². The van der Waals surface area contributed by atoms with E-state index in [1.54, 1.807) is 39.9 Å². The van der Waals surface area contributed by atoms with Gasteiger partial charge in [0.15, 0.2) is 0 Å². The second-order valence-electron chi connectivity index (χ2n) is 6.44. The number of fused-ring (bicyclic) bond motifs is 1. The second kappa shape index (κ2) is 6.98. The molecule has 0 spiro atoms. The number of nitrogens with zero attached hydrogens (tertiary/aromatic N) is 2. The fraction of sp³-hybridized carbons (Fsp3) is 0.316. The van der Waals surface area contributed by atoms with Gasteiger partial charge in [0.2, 0.25) is 10.0 Å². The number of sulfonamides is 1. The molecule has 5 nitrogen and oxygen atoms in total. The maximum Gasteiger partial charge on any atom is 0.274 e. The van der Waals surface area contributed by atoms with Crippen molar-refractivity contribution in [1.29, 1.82) is 0 Å². The molecule has 7 heteroatoms. The Morgan fingerprint density at radius 2 is 1.81 bits per heavy atom. The van der Waals surface area contributed by atoms with E-state index >= 15 is 0 Å². The van der Waals surface area contributed by atoms with Crippen LogP contribution in [0.15, 0.2) is 53.4 Å². The van der Waals surface area contributed by atoms with Crippen LogP contribution in [0.3, 0.4) is 0 Å². The summed E-state index contributed by atoms with van der Waals surface area (Å²) >= 11 is 1.54. The molecule has 2 heterocycles. The highest BCUT2D eigenvalue weighted by atomic mass is 32.2. The van der Waals surface area contributed by atoms with Crippen molar-refractivity contribution >= 4 is 31.6 Å². The molecule has 1 aromatic heterocycles. The standard InChI is InChI=1S/C19H20N2O3S2/c1-14-6-5-9-17-18(14)20-19(25-17)24-15-10-12-21(13-11-15)26(22,23)16-7-3-2-4-8-16/h2-9,15H,10-13H2,1H3. The fourth-order valence-corrected chi connectivity index (χ4v) is 5.64. The van der Waals surface area contributed by atoms with Crippen LogP contribution in [0.2, 0.25) is 0 Å². The Bertz CT molecular complexity index is 1010. The Hall–Kier alpha value is -1.96. The number of thiazole rings is 1. The third-order valence-electron chi connectivity index (χ3n) is 4.65. The molecule has 1 saturated heterocycles. The lowest BCUT2D eigenvalue weighted by Gasteiger charge is -2.30. The Morgan fingerprint density at radius 3 is 2.50 bits per heavy atom. The van der Waals surface area contributed by atoms with E-state index in [1.807, 2.05) is 31.2 Å². The van der Waals surface area contributed by atoms with Crippen molar-refractivity contribution in [2.24, 2.45) is 0 Å². The number of para-hydroxylation sites is 1. The van der Waals surface area contributed by atoms with Gasteiger partial charge in [0.1, 0.15) is 6.10 Å². The van der Waals surface area contributed by atoms with E-state index < -0.39 is 10.0 Å². The molecule has 0 unspecified atom stereocenters. The lowest BCUT2D eigenvalue weighted by molar-refractivity contribution is 0.135. The zero-order valence-electron chi connectivity index (χ0n) is 14.5. The average molecular weight is 389 g/mol. The smallest absolute Gasteiger partial charge is 0.274 e. The molecule has 0 aliphatic carbocycles. The SMILES string of the molecule is Cc1cccc2sc(OC3CCN(S(=O)(=O)c4ccccc4)CC3)nc12. The third-order valence-corrected chi connectivity index (χ3v) is 7.47. The van der Waals surface area contributed by atoms with Crippen molar-refractivity contribution in [2.75, 3.05) is 13.1 Å². The second-order valence-corrected chi connectivity index (χ2v) is 9.37. The van der Waals surface area contributed by atoms with Gasteiger partial charge < -0.3 is 4.74 Å². The fourth-order valence-electron chi connectivity index (χ4n) is 3.19. The largest absolute Gasteiger partial charge is 0.467 e. The number of ether oxygens (including phenoxy) is 1. The van der Waals surface area contributed by atoms with Crippen LogP contribution in [-0.4, -0.2) is 36.9 Å². The summed E-state index contributed by atoms with van der Waals surface area (Å²) < 4.78 is 34.1. The quantitative estimate of drug-likeness (QED) is 0.681. The highest BCUT2D eigenvalue weighted by molar-refractivity contribution is 7.89. The normalized spacial score (nSPS) is 16.8. The van der Waals surface area contributed by atoms with E-state index in [-0.39, 0.29) is 6.10 Å². The monoisotopic (exact) mass is 388 g/mol. The number of hydrogen-bond donors (Lipinski definition) is 0. The van der Waals surface area contributed by atoms with Crippen molar-refractivity contribution in [2.45, 2.75) is 30.8 Å². The first kappa shape index (κ1) is 17.5. The van der Waals surface area contributed by atoms with Gasteiger partial charge >= 0.3 is 0 Å². The van der Waals surface area contributed by atoms with Crippen LogP contribution >= 0.6 is 11.3 Å². The van der Waals surface area contributed by atoms with Gasteiger partial charge in [-0.3, -0.25) is 0 Å². The van der Waals surface area contributed by atoms with E-state index in [1.165, 1.54) is 0 Å². The summed E-state index contributed by atoms with van der Waals surface area (Å²) in [5, 5.41) is 0.665. The van der Waals surface area contributed by atoms with Gasteiger partial charge in [0.05, 0.1) is 15.1 Å². The Balaban J connectivity index is 1.43. The molecular formula is C19H20N2O3S2. The summed E-state index contributed by atoms with van der Waals surface area (Å²) in [7, 11) is -3.42. The van der Waals surface area contributed by atoms with Gasteiger partial charge in [0.25, 0.3) is 5.19 Å². The van der Waals surface area contributed by atoms with Crippen LogP contribution in [0, 0.1) is 6.92 Å². The van der Waals surface area contributed by atoms with Gasteiger partial charge in [-0.1, -0.05) is 41.7 Å². The molecule has 0 N–H and O–H groups in total. The van der Waals surface area contributed by atoms with E-state index in [0.29, 0.717) is 36.0 Å². The Morgan fingerprint density at radius 1 is 1.08 bits per heavy atom. The van der Waals surface area contributed by atoms with Crippen LogP contribution in [0.5, 0.6) is 5.19 Å². The maximum atomic E-state index is 12.7. The molecule has 1 aliphatic rings. The molecule has 0 atom stereocenters. The first-order valence-electron chi connectivity index (χ1n) is 8.62. The Kier molecular flexibility index (Phi) is 4.69. The van der Waals surface area contributed by atoms with Crippen LogP contribution < -0.4 is 4.74 Å². The zero-order chi connectivity index (χ0) is 18.1.